The molecule has 4 nitrogen and oxygen atoms in total. The number of hydrogen-bond donors (Lipinski definition) is 1. The average molecular weight is 294 g/mol. The van der Waals surface area contributed by atoms with Gasteiger partial charge in [0.05, 0.1) is 12.2 Å². The highest BCUT2D eigenvalue weighted by Crippen LogP contribution is 2.26. The second-order valence-electron chi connectivity index (χ2n) is 6.38. The lowest BCUT2D eigenvalue weighted by Gasteiger charge is -2.27. The first-order valence-electron chi connectivity index (χ1n) is 7.83. The molecule has 0 unspecified atom stereocenters. The summed E-state index contributed by atoms with van der Waals surface area (Å²) in [5.74, 6) is 0.754. The van der Waals surface area contributed by atoms with Crippen LogP contribution in [0.1, 0.15) is 29.4 Å². The fourth-order valence-electron chi connectivity index (χ4n) is 3.10. The van der Waals surface area contributed by atoms with Gasteiger partial charge in [-0.1, -0.05) is 13.8 Å². The van der Waals surface area contributed by atoms with Gasteiger partial charge in [-0.3, -0.25) is 9.80 Å². The quantitative estimate of drug-likeness (QED) is 0.913. The van der Waals surface area contributed by atoms with Crippen LogP contribution in [0.3, 0.4) is 0 Å². The molecule has 0 bridgehead atoms. The van der Waals surface area contributed by atoms with Crippen LogP contribution in [0.4, 0.5) is 0 Å². The summed E-state index contributed by atoms with van der Waals surface area (Å²) in [6, 6.07) is 0. The van der Waals surface area contributed by atoms with E-state index >= 15 is 0 Å². The lowest BCUT2D eigenvalue weighted by molar-refractivity contribution is 0.227. The van der Waals surface area contributed by atoms with Crippen LogP contribution < -0.4 is 5.32 Å². The fraction of sp³-hybridized carbons (Fsp3) is 0.800. The van der Waals surface area contributed by atoms with E-state index in [-0.39, 0.29) is 0 Å². The van der Waals surface area contributed by atoms with Crippen molar-refractivity contribution < 1.29 is 0 Å². The lowest BCUT2D eigenvalue weighted by Crippen LogP contribution is -2.42. The first-order valence-corrected chi connectivity index (χ1v) is 8.65. The topological polar surface area (TPSA) is 31.4 Å². The molecule has 0 amide bonds. The molecule has 112 valence electrons. The van der Waals surface area contributed by atoms with Gasteiger partial charge in [-0.15, -0.1) is 11.3 Å². The zero-order valence-electron chi connectivity index (χ0n) is 12.7. The molecule has 3 rings (SSSR count). The van der Waals surface area contributed by atoms with E-state index in [0.29, 0.717) is 0 Å². The van der Waals surface area contributed by atoms with Gasteiger partial charge in [0.25, 0.3) is 0 Å². The standard InChI is InChI=1S/C15H26N4S/c1-12(2)9-19-6-3-13-14(10-19)20-15(17-13)11-18-7-4-16-5-8-18/h12,16H,3-11H2,1-2H3. The van der Waals surface area contributed by atoms with E-state index in [4.69, 9.17) is 4.98 Å². The molecule has 0 saturated carbocycles. The second kappa shape index (κ2) is 6.52. The zero-order chi connectivity index (χ0) is 13.9. The van der Waals surface area contributed by atoms with Crippen LogP contribution in [0.15, 0.2) is 0 Å². The lowest BCUT2D eigenvalue weighted by atomic mass is 10.1. The van der Waals surface area contributed by atoms with Crippen molar-refractivity contribution >= 4 is 11.3 Å². The third kappa shape index (κ3) is 3.58. The summed E-state index contributed by atoms with van der Waals surface area (Å²) in [5.41, 5.74) is 1.38. The number of hydrogen-bond acceptors (Lipinski definition) is 5. The predicted octanol–water partition coefficient (Wildman–Crippen LogP) is 1.56. The predicted molar refractivity (Wildman–Crippen MR) is 84.1 cm³/mol. The minimum atomic E-state index is 0.754. The van der Waals surface area contributed by atoms with E-state index in [2.05, 4.69) is 29.0 Å². The zero-order valence-corrected chi connectivity index (χ0v) is 13.5. The molecule has 1 fully saturated rings. The van der Waals surface area contributed by atoms with Gasteiger partial charge in [0.15, 0.2) is 0 Å². The third-order valence-corrected chi connectivity index (χ3v) is 5.11. The molecule has 5 heteroatoms. The number of rotatable bonds is 4. The Bertz CT molecular complexity index is 437. The summed E-state index contributed by atoms with van der Waals surface area (Å²) >= 11 is 1.94. The largest absolute Gasteiger partial charge is 0.314 e. The highest BCUT2D eigenvalue weighted by Gasteiger charge is 2.22. The van der Waals surface area contributed by atoms with Crippen molar-refractivity contribution in [2.75, 3.05) is 39.3 Å². The maximum absolute atomic E-state index is 4.89. The van der Waals surface area contributed by atoms with Crippen molar-refractivity contribution in [2.45, 2.75) is 33.4 Å². The Labute approximate surface area is 126 Å². The van der Waals surface area contributed by atoms with Crippen LogP contribution in [0.25, 0.3) is 0 Å². The fourth-order valence-corrected chi connectivity index (χ4v) is 4.30. The minimum absolute atomic E-state index is 0.754. The maximum Gasteiger partial charge on any atom is 0.107 e. The Kier molecular flexibility index (Phi) is 4.71. The third-order valence-electron chi connectivity index (χ3n) is 4.05. The molecule has 1 N–H and O–H groups in total. The molecule has 0 spiro atoms. The maximum atomic E-state index is 4.89. The van der Waals surface area contributed by atoms with Gasteiger partial charge >= 0.3 is 0 Å². The monoisotopic (exact) mass is 294 g/mol. The molecule has 0 aromatic carbocycles. The molecule has 0 atom stereocenters. The number of thiazole rings is 1. The highest BCUT2D eigenvalue weighted by molar-refractivity contribution is 7.11. The Morgan fingerprint density at radius 3 is 2.75 bits per heavy atom. The molecule has 3 heterocycles. The first kappa shape index (κ1) is 14.4. The number of fused-ring (bicyclic) bond motifs is 1. The Hall–Kier alpha value is -0.490. The second-order valence-corrected chi connectivity index (χ2v) is 7.55. The van der Waals surface area contributed by atoms with Crippen molar-refractivity contribution in [1.82, 2.24) is 20.1 Å². The van der Waals surface area contributed by atoms with Crippen molar-refractivity contribution in [1.29, 1.82) is 0 Å². The van der Waals surface area contributed by atoms with Crippen molar-refractivity contribution in [3.05, 3.63) is 15.6 Å². The summed E-state index contributed by atoms with van der Waals surface area (Å²) in [6.07, 6.45) is 1.14. The Balaban J connectivity index is 1.61. The average Bonchev–Trinajstić information content (AvgIpc) is 2.80. The van der Waals surface area contributed by atoms with Crippen LogP contribution in [0, 0.1) is 5.92 Å². The summed E-state index contributed by atoms with van der Waals surface area (Å²) < 4.78 is 0. The molecule has 0 aliphatic carbocycles. The molecule has 1 saturated heterocycles. The van der Waals surface area contributed by atoms with Crippen molar-refractivity contribution in [2.24, 2.45) is 5.92 Å². The number of piperazine rings is 1. The molecule has 1 aromatic heterocycles. The molecule has 2 aliphatic heterocycles. The van der Waals surface area contributed by atoms with Crippen molar-refractivity contribution in [3.63, 3.8) is 0 Å². The summed E-state index contributed by atoms with van der Waals surface area (Å²) in [6.45, 7) is 13.7. The molecular weight excluding hydrogens is 268 g/mol. The van der Waals surface area contributed by atoms with Crippen LogP contribution >= 0.6 is 11.3 Å². The minimum Gasteiger partial charge on any atom is -0.314 e. The van der Waals surface area contributed by atoms with E-state index in [0.717, 1.165) is 51.6 Å². The number of nitrogens with zero attached hydrogens (tertiary/aromatic N) is 3. The molecule has 20 heavy (non-hydrogen) atoms. The smallest absolute Gasteiger partial charge is 0.107 e. The first-order chi connectivity index (χ1) is 9.70. The van der Waals surface area contributed by atoms with E-state index in [9.17, 15) is 0 Å². The van der Waals surface area contributed by atoms with Crippen LogP contribution in [-0.4, -0.2) is 54.1 Å². The van der Waals surface area contributed by atoms with Gasteiger partial charge in [-0.05, 0) is 5.92 Å². The highest BCUT2D eigenvalue weighted by atomic mass is 32.1. The number of aromatic nitrogens is 1. The van der Waals surface area contributed by atoms with E-state index in [1.165, 1.54) is 28.7 Å². The van der Waals surface area contributed by atoms with Gasteiger partial charge < -0.3 is 5.32 Å². The van der Waals surface area contributed by atoms with Gasteiger partial charge in [0.2, 0.25) is 0 Å². The van der Waals surface area contributed by atoms with E-state index in [1.807, 2.05) is 11.3 Å². The normalized spacial score (nSPS) is 21.4. The van der Waals surface area contributed by atoms with Crippen molar-refractivity contribution in [3.8, 4) is 0 Å². The molecular formula is C15H26N4S. The molecule has 2 aliphatic rings. The summed E-state index contributed by atoms with van der Waals surface area (Å²) in [5, 5.41) is 4.73. The van der Waals surface area contributed by atoms with Gasteiger partial charge in [0.1, 0.15) is 5.01 Å². The number of nitrogens with one attached hydrogen (secondary N) is 1. The van der Waals surface area contributed by atoms with Crippen LogP contribution in [-0.2, 0) is 19.5 Å². The molecule has 1 aromatic rings. The van der Waals surface area contributed by atoms with Gasteiger partial charge in [-0.2, -0.15) is 0 Å². The van der Waals surface area contributed by atoms with E-state index < -0.39 is 0 Å². The van der Waals surface area contributed by atoms with Gasteiger partial charge in [0, 0.05) is 57.1 Å². The molecule has 0 radical (unpaired) electrons. The van der Waals surface area contributed by atoms with Crippen LogP contribution in [0.5, 0.6) is 0 Å². The van der Waals surface area contributed by atoms with E-state index in [1.54, 1.807) is 0 Å². The Morgan fingerprint density at radius 1 is 1.20 bits per heavy atom. The van der Waals surface area contributed by atoms with Gasteiger partial charge in [-0.25, -0.2) is 4.98 Å². The summed E-state index contributed by atoms with van der Waals surface area (Å²) in [4.78, 5) is 11.5. The SMILES string of the molecule is CC(C)CN1CCc2nc(CN3CCNCC3)sc2C1. The Morgan fingerprint density at radius 2 is 2.00 bits per heavy atom. The van der Waals surface area contributed by atoms with Crippen LogP contribution in [0.2, 0.25) is 0 Å². The summed E-state index contributed by atoms with van der Waals surface area (Å²) in [7, 11) is 0.